The highest BCUT2D eigenvalue weighted by Gasteiger charge is 2.33. The van der Waals surface area contributed by atoms with Gasteiger partial charge in [0, 0.05) is 58.2 Å². The monoisotopic (exact) mass is 326 g/mol. The van der Waals surface area contributed by atoms with E-state index < -0.39 is 10.2 Å². The Hall–Kier alpha value is -1.06. The molecule has 0 unspecified atom stereocenters. The molecule has 22 heavy (non-hydrogen) atoms. The number of nitrogens with zero attached hydrogens (tertiary/aromatic N) is 4. The number of hydrogen-bond acceptors (Lipinski definition) is 5. The summed E-state index contributed by atoms with van der Waals surface area (Å²) in [5.74, 6) is 0. The van der Waals surface area contributed by atoms with Crippen molar-refractivity contribution in [1.29, 1.82) is 0 Å². The van der Waals surface area contributed by atoms with Crippen molar-refractivity contribution in [2.45, 2.75) is 6.54 Å². The molecule has 0 aromatic carbocycles. The summed E-state index contributed by atoms with van der Waals surface area (Å²) in [4.78, 5) is 6.29. The quantitative estimate of drug-likeness (QED) is 0.765. The number of hydrogen-bond donors (Lipinski definition) is 0. The molecule has 0 aliphatic carbocycles. The van der Waals surface area contributed by atoms with Gasteiger partial charge in [-0.3, -0.25) is 9.88 Å². The molecule has 2 saturated heterocycles. The number of morpholine rings is 1. The fourth-order valence-corrected chi connectivity index (χ4v) is 4.37. The Morgan fingerprint density at radius 2 is 1.55 bits per heavy atom. The second-order valence-electron chi connectivity index (χ2n) is 5.55. The Morgan fingerprint density at radius 1 is 0.955 bits per heavy atom. The highest BCUT2D eigenvalue weighted by atomic mass is 32.2. The van der Waals surface area contributed by atoms with Gasteiger partial charge in [0.1, 0.15) is 0 Å². The van der Waals surface area contributed by atoms with E-state index >= 15 is 0 Å². The minimum absolute atomic E-state index is 0.458. The van der Waals surface area contributed by atoms with E-state index in [0.717, 1.165) is 19.6 Å². The third kappa shape index (κ3) is 3.64. The Morgan fingerprint density at radius 3 is 2.18 bits per heavy atom. The van der Waals surface area contributed by atoms with Gasteiger partial charge >= 0.3 is 0 Å². The standard InChI is InChI=1S/C14H22N4O3S/c19-22(20,18-9-11-21-12-10-18)17-7-5-16(6-8-17)13-14-1-3-15-4-2-14/h1-4H,5-13H2. The molecular weight excluding hydrogens is 304 g/mol. The van der Waals surface area contributed by atoms with Crippen LogP contribution in [-0.4, -0.2) is 79.4 Å². The highest BCUT2D eigenvalue weighted by molar-refractivity contribution is 7.86. The largest absolute Gasteiger partial charge is 0.379 e. The molecule has 1 aromatic rings. The zero-order valence-electron chi connectivity index (χ0n) is 12.6. The topological polar surface area (TPSA) is 66.0 Å². The van der Waals surface area contributed by atoms with Gasteiger partial charge in [0.2, 0.25) is 0 Å². The predicted molar refractivity (Wildman–Crippen MR) is 82.4 cm³/mol. The lowest BCUT2D eigenvalue weighted by molar-refractivity contribution is 0.0684. The van der Waals surface area contributed by atoms with Crippen molar-refractivity contribution in [3.8, 4) is 0 Å². The van der Waals surface area contributed by atoms with Crippen LogP contribution in [0.25, 0.3) is 0 Å². The summed E-state index contributed by atoms with van der Waals surface area (Å²) in [6.45, 7) is 5.34. The third-order valence-electron chi connectivity index (χ3n) is 4.11. The number of piperazine rings is 1. The van der Waals surface area contributed by atoms with Crippen molar-refractivity contribution >= 4 is 10.2 Å². The Bertz CT molecular complexity index is 567. The smallest absolute Gasteiger partial charge is 0.282 e. The van der Waals surface area contributed by atoms with Crippen LogP contribution in [0.3, 0.4) is 0 Å². The summed E-state index contributed by atoms with van der Waals surface area (Å²) in [5.41, 5.74) is 1.21. The molecule has 0 N–H and O–H groups in total. The minimum Gasteiger partial charge on any atom is -0.379 e. The van der Waals surface area contributed by atoms with E-state index in [1.54, 1.807) is 16.7 Å². The molecule has 0 saturated carbocycles. The maximum atomic E-state index is 12.6. The van der Waals surface area contributed by atoms with Crippen LogP contribution in [0.2, 0.25) is 0 Å². The lowest BCUT2D eigenvalue weighted by atomic mass is 10.2. The van der Waals surface area contributed by atoms with Gasteiger partial charge < -0.3 is 4.74 Å². The van der Waals surface area contributed by atoms with Crippen molar-refractivity contribution in [1.82, 2.24) is 18.5 Å². The molecule has 7 nitrogen and oxygen atoms in total. The van der Waals surface area contributed by atoms with Gasteiger partial charge in [0.25, 0.3) is 10.2 Å². The molecule has 2 fully saturated rings. The van der Waals surface area contributed by atoms with Crippen LogP contribution in [0.1, 0.15) is 5.56 Å². The molecule has 0 atom stereocenters. The van der Waals surface area contributed by atoms with Gasteiger partial charge in [0.05, 0.1) is 13.2 Å². The van der Waals surface area contributed by atoms with Gasteiger partial charge in [-0.25, -0.2) is 0 Å². The van der Waals surface area contributed by atoms with E-state index in [2.05, 4.69) is 9.88 Å². The van der Waals surface area contributed by atoms with Crippen molar-refractivity contribution in [2.24, 2.45) is 0 Å². The van der Waals surface area contributed by atoms with E-state index in [1.807, 2.05) is 12.1 Å². The minimum atomic E-state index is -3.33. The molecule has 3 heterocycles. The molecule has 8 heteroatoms. The number of aromatic nitrogens is 1. The predicted octanol–water partition coefficient (Wildman–Crippen LogP) is -0.224. The summed E-state index contributed by atoms with van der Waals surface area (Å²) < 4.78 is 33.5. The van der Waals surface area contributed by atoms with Gasteiger partial charge in [-0.05, 0) is 17.7 Å². The number of rotatable bonds is 4. The summed E-state index contributed by atoms with van der Waals surface area (Å²) in [5, 5.41) is 0. The highest BCUT2D eigenvalue weighted by Crippen LogP contribution is 2.15. The average Bonchev–Trinajstić information content (AvgIpc) is 2.57. The molecule has 3 rings (SSSR count). The van der Waals surface area contributed by atoms with Gasteiger partial charge in [-0.15, -0.1) is 0 Å². The van der Waals surface area contributed by atoms with Gasteiger partial charge in [-0.1, -0.05) is 0 Å². The van der Waals surface area contributed by atoms with Crippen LogP contribution in [0.5, 0.6) is 0 Å². The zero-order chi connectivity index (χ0) is 15.4. The van der Waals surface area contributed by atoms with Crippen LogP contribution >= 0.6 is 0 Å². The summed E-state index contributed by atoms with van der Waals surface area (Å²) in [6, 6.07) is 3.99. The van der Waals surface area contributed by atoms with E-state index in [9.17, 15) is 8.42 Å². The first-order valence-electron chi connectivity index (χ1n) is 7.60. The van der Waals surface area contributed by atoms with E-state index in [0.29, 0.717) is 39.4 Å². The number of pyridine rings is 1. The van der Waals surface area contributed by atoms with E-state index in [4.69, 9.17) is 4.74 Å². The SMILES string of the molecule is O=S(=O)(N1CCOCC1)N1CCN(Cc2ccncc2)CC1. The van der Waals surface area contributed by atoms with Crippen molar-refractivity contribution < 1.29 is 13.2 Å². The normalized spacial score (nSPS) is 22.7. The lowest BCUT2D eigenvalue weighted by Gasteiger charge is -2.37. The van der Waals surface area contributed by atoms with Crippen LogP contribution in [-0.2, 0) is 21.5 Å². The van der Waals surface area contributed by atoms with Crippen molar-refractivity contribution in [3.05, 3.63) is 30.1 Å². The Balaban J connectivity index is 1.54. The molecule has 2 aliphatic rings. The lowest BCUT2D eigenvalue weighted by Crippen LogP contribution is -2.54. The van der Waals surface area contributed by atoms with Crippen LogP contribution in [0, 0.1) is 0 Å². The Labute approximate surface area is 131 Å². The first kappa shape index (κ1) is 15.8. The molecular formula is C14H22N4O3S. The molecule has 0 bridgehead atoms. The maximum Gasteiger partial charge on any atom is 0.282 e. The van der Waals surface area contributed by atoms with E-state index in [1.165, 1.54) is 9.87 Å². The maximum absolute atomic E-state index is 12.6. The molecule has 0 radical (unpaired) electrons. The van der Waals surface area contributed by atoms with Crippen molar-refractivity contribution in [2.75, 3.05) is 52.5 Å². The van der Waals surface area contributed by atoms with Crippen LogP contribution < -0.4 is 0 Å². The average molecular weight is 326 g/mol. The summed E-state index contributed by atoms with van der Waals surface area (Å²) in [6.07, 6.45) is 3.57. The fourth-order valence-electron chi connectivity index (χ4n) is 2.81. The van der Waals surface area contributed by atoms with Gasteiger partial charge in [0.15, 0.2) is 0 Å². The number of ether oxygens (including phenoxy) is 1. The third-order valence-corrected chi connectivity index (χ3v) is 6.14. The Kier molecular flexibility index (Phi) is 5.04. The summed E-state index contributed by atoms with van der Waals surface area (Å²) in [7, 11) is -3.33. The van der Waals surface area contributed by atoms with Crippen LogP contribution in [0.15, 0.2) is 24.5 Å². The zero-order valence-corrected chi connectivity index (χ0v) is 13.4. The molecule has 1 aromatic heterocycles. The molecule has 0 spiro atoms. The molecule has 122 valence electrons. The second kappa shape index (κ2) is 7.01. The van der Waals surface area contributed by atoms with Gasteiger partial charge in [-0.2, -0.15) is 17.0 Å². The first-order chi connectivity index (χ1) is 10.7. The molecule has 2 aliphatic heterocycles. The van der Waals surface area contributed by atoms with E-state index in [-0.39, 0.29) is 0 Å². The molecule has 0 amide bonds. The first-order valence-corrected chi connectivity index (χ1v) is 9.00. The summed E-state index contributed by atoms with van der Waals surface area (Å²) >= 11 is 0. The second-order valence-corrected chi connectivity index (χ2v) is 7.48. The van der Waals surface area contributed by atoms with Crippen LogP contribution in [0.4, 0.5) is 0 Å². The fraction of sp³-hybridized carbons (Fsp3) is 0.643. The van der Waals surface area contributed by atoms with Crippen molar-refractivity contribution in [3.63, 3.8) is 0 Å².